The maximum atomic E-state index is 14.4. The summed E-state index contributed by atoms with van der Waals surface area (Å²) in [6.07, 6.45) is 0. The van der Waals surface area contributed by atoms with E-state index in [9.17, 15) is 17.6 Å². The molecule has 0 amide bonds. The van der Waals surface area contributed by atoms with E-state index in [1.807, 2.05) is 0 Å². The zero-order chi connectivity index (χ0) is 15.7. The predicted octanol–water partition coefficient (Wildman–Crippen LogP) is 4.96. The van der Waals surface area contributed by atoms with Crippen LogP contribution in [0.2, 0.25) is 0 Å². The molecule has 1 nitrogen and oxygen atoms in total. The minimum Gasteiger partial charge on any atom is -0.305 e. The van der Waals surface area contributed by atoms with E-state index in [2.05, 4.69) is 0 Å². The van der Waals surface area contributed by atoms with Gasteiger partial charge in [0.1, 0.15) is 0 Å². The summed E-state index contributed by atoms with van der Waals surface area (Å²) in [4.78, 5) is 0. The number of rotatable bonds is 4. The Labute approximate surface area is 119 Å². The lowest BCUT2D eigenvalue weighted by Crippen LogP contribution is -2.36. The summed E-state index contributed by atoms with van der Waals surface area (Å²) in [6.45, 7) is 1.29. The first-order valence-electron chi connectivity index (χ1n) is 6.24. The SMILES string of the molecule is CC(=N)c1ccccc1C(F)(F)C(F)(F)c1ccccc1. The van der Waals surface area contributed by atoms with Gasteiger partial charge in [0.05, 0.1) is 0 Å². The third-order valence-electron chi connectivity index (χ3n) is 3.20. The van der Waals surface area contributed by atoms with Crippen LogP contribution in [0.25, 0.3) is 0 Å². The molecule has 0 saturated heterocycles. The van der Waals surface area contributed by atoms with E-state index in [1.165, 1.54) is 43.3 Å². The molecule has 5 heteroatoms. The molecule has 0 heterocycles. The maximum absolute atomic E-state index is 14.4. The van der Waals surface area contributed by atoms with E-state index in [1.54, 1.807) is 0 Å². The molecule has 0 spiro atoms. The van der Waals surface area contributed by atoms with Crippen LogP contribution in [-0.2, 0) is 11.8 Å². The molecule has 0 saturated carbocycles. The molecule has 0 aliphatic carbocycles. The highest BCUT2D eigenvalue weighted by Gasteiger charge is 2.59. The van der Waals surface area contributed by atoms with Crippen LogP contribution in [0.15, 0.2) is 54.6 Å². The molecule has 110 valence electrons. The largest absolute Gasteiger partial charge is 0.340 e. The topological polar surface area (TPSA) is 23.9 Å². The molecule has 0 aliphatic heterocycles. The van der Waals surface area contributed by atoms with Crippen LogP contribution in [0.5, 0.6) is 0 Å². The lowest BCUT2D eigenvalue weighted by Gasteiger charge is -2.28. The average molecular weight is 295 g/mol. The van der Waals surface area contributed by atoms with Crippen molar-refractivity contribution >= 4 is 5.71 Å². The Kier molecular flexibility index (Phi) is 3.85. The molecule has 21 heavy (non-hydrogen) atoms. The number of halogens is 4. The molecule has 0 aliphatic rings. The zero-order valence-electron chi connectivity index (χ0n) is 11.2. The van der Waals surface area contributed by atoms with Crippen LogP contribution >= 0.6 is 0 Å². The Hall–Kier alpha value is -2.17. The minimum atomic E-state index is -4.41. The summed E-state index contributed by atoms with van der Waals surface area (Å²) in [5.74, 6) is -8.77. The Morgan fingerprint density at radius 1 is 0.810 bits per heavy atom. The summed E-state index contributed by atoms with van der Waals surface area (Å²) in [5, 5.41) is 7.49. The first-order valence-corrected chi connectivity index (χ1v) is 6.24. The molecule has 1 N–H and O–H groups in total. The van der Waals surface area contributed by atoms with Crippen molar-refractivity contribution in [1.82, 2.24) is 0 Å². The lowest BCUT2D eigenvalue weighted by molar-refractivity contribution is -0.223. The molecule has 2 rings (SSSR count). The van der Waals surface area contributed by atoms with E-state index >= 15 is 0 Å². The third kappa shape index (κ3) is 2.55. The van der Waals surface area contributed by atoms with Gasteiger partial charge in [-0.05, 0) is 6.92 Å². The van der Waals surface area contributed by atoms with Crippen LogP contribution in [0.1, 0.15) is 23.6 Å². The van der Waals surface area contributed by atoms with Crippen molar-refractivity contribution in [2.75, 3.05) is 0 Å². The van der Waals surface area contributed by atoms with Gasteiger partial charge in [0.2, 0.25) is 0 Å². The van der Waals surface area contributed by atoms with Crippen LogP contribution in [-0.4, -0.2) is 5.71 Å². The molecule has 2 aromatic carbocycles. The summed E-state index contributed by atoms with van der Waals surface area (Å²) in [5.41, 5.74) is -1.97. The van der Waals surface area contributed by atoms with E-state index in [0.717, 1.165) is 18.2 Å². The second-order valence-corrected chi connectivity index (χ2v) is 4.69. The Morgan fingerprint density at radius 3 is 1.90 bits per heavy atom. The zero-order valence-corrected chi connectivity index (χ0v) is 11.2. The second-order valence-electron chi connectivity index (χ2n) is 4.69. The van der Waals surface area contributed by atoms with Crippen LogP contribution in [0.3, 0.4) is 0 Å². The average Bonchev–Trinajstić information content (AvgIpc) is 2.48. The van der Waals surface area contributed by atoms with E-state index < -0.39 is 23.0 Å². The first-order chi connectivity index (χ1) is 9.78. The monoisotopic (exact) mass is 295 g/mol. The van der Waals surface area contributed by atoms with Gasteiger partial charge in [-0.1, -0.05) is 54.6 Å². The Morgan fingerprint density at radius 2 is 1.33 bits per heavy atom. The summed E-state index contributed by atoms with van der Waals surface area (Å²) >= 11 is 0. The van der Waals surface area contributed by atoms with Crippen LogP contribution in [0, 0.1) is 5.41 Å². The minimum absolute atomic E-state index is 0.182. The number of hydrogen-bond acceptors (Lipinski definition) is 1. The molecule has 0 aromatic heterocycles. The molecule has 0 atom stereocenters. The summed E-state index contributed by atoms with van der Waals surface area (Å²) in [6, 6.07) is 10.9. The standard InChI is InChI=1S/C16H13F4N/c1-11(21)13-9-5-6-10-14(13)16(19,20)15(17,18)12-7-3-2-4-8-12/h2-10,21H,1H3. The lowest BCUT2D eigenvalue weighted by atomic mass is 9.91. The number of nitrogens with one attached hydrogen (secondary N) is 1. The van der Waals surface area contributed by atoms with E-state index in [4.69, 9.17) is 5.41 Å². The summed E-state index contributed by atoms with van der Waals surface area (Å²) in [7, 11) is 0. The van der Waals surface area contributed by atoms with Crippen molar-refractivity contribution in [2.45, 2.75) is 18.8 Å². The van der Waals surface area contributed by atoms with Gasteiger partial charge in [0.15, 0.2) is 0 Å². The number of benzene rings is 2. The highest BCUT2D eigenvalue weighted by atomic mass is 19.3. The normalized spacial score (nSPS) is 12.2. The summed E-state index contributed by atoms with van der Waals surface area (Å²) < 4.78 is 57.3. The van der Waals surface area contributed by atoms with Crippen LogP contribution in [0.4, 0.5) is 17.6 Å². The fourth-order valence-corrected chi connectivity index (χ4v) is 2.08. The smallest absolute Gasteiger partial charge is 0.305 e. The van der Waals surface area contributed by atoms with Gasteiger partial charge in [-0.3, -0.25) is 0 Å². The number of alkyl halides is 4. The maximum Gasteiger partial charge on any atom is 0.340 e. The van der Waals surface area contributed by atoms with E-state index in [-0.39, 0.29) is 11.3 Å². The highest BCUT2D eigenvalue weighted by Crippen LogP contribution is 2.50. The molecular formula is C16H13F4N. The van der Waals surface area contributed by atoms with Crippen molar-refractivity contribution in [3.8, 4) is 0 Å². The Balaban J connectivity index is 2.59. The predicted molar refractivity (Wildman–Crippen MR) is 73.2 cm³/mol. The molecular weight excluding hydrogens is 282 g/mol. The second kappa shape index (κ2) is 5.31. The van der Waals surface area contributed by atoms with Gasteiger partial charge in [-0.25, -0.2) is 0 Å². The van der Waals surface area contributed by atoms with Gasteiger partial charge in [-0.15, -0.1) is 0 Å². The van der Waals surface area contributed by atoms with Crippen molar-refractivity contribution < 1.29 is 17.6 Å². The number of hydrogen-bond donors (Lipinski definition) is 1. The third-order valence-corrected chi connectivity index (χ3v) is 3.20. The molecule has 0 fully saturated rings. The fraction of sp³-hybridized carbons (Fsp3) is 0.188. The van der Waals surface area contributed by atoms with Gasteiger partial charge < -0.3 is 5.41 Å². The molecule has 0 bridgehead atoms. The van der Waals surface area contributed by atoms with Gasteiger partial charge in [0.25, 0.3) is 0 Å². The van der Waals surface area contributed by atoms with Crippen LogP contribution < -0.4 is 0 Å². The highest BCUT2D eigenvalue weighted by molar-refractivity contribution is 5.97. The van der Waals surface area contributed by atoms with E-state index in [0.29, 0.717) is 0 Å². The van der Waals surface area contributed by atoms with Crippen molar-refractivity contribution in [3.05, 3.63) is 71.3 Å². The van der Waals surface area contributed by atoms with Crippen molar-refractivity contribution in [3.63, 3.8) is 0 Å². The molecule has 0 radical (unpaired) electrons. The first kappa shape index (κ1) is 15.2. The molecule has 0 unspecified atom stereocenters. The van der Waals surface area contributed by atoms with Crippen molar-refractivity contribution in [2.24, 2.45) is 0 Å². The quantitative estimate of drug-likeness (QED) is 0.609. The van der Waals surface area contributed by atoms with Gasteiger partial charge in [-0.2, -0.15) is 17.6 Å². The van der Waals surface area contributed by atoms with Crippen molar-refractivity contribution in [1.29, 1.82) is 5.41 Å². The Bertz CT molecular complexity index is 650. The van der Waals surface area contributed by atoms with Gasteiger partial charge in [0, 0.05) is 22.4 Å². The van der Waals surface area contributed by atoms with Gasteiger partial charge >= 0.3 is 11.8 Å². The molecule has 2 aromatic rings. The fourth-order valence-electron chi connectivity index (χ4n) is 2.08.